The summed E-state index contributed by atoms with van der Waals surface area (Å²) in [5, 5.41) is 15.9. The Kier molecular flexibility index (Phi) is 4.48. The highest BCUT2D eigenvalue weighted by Crippen LogP contribution is 2.24. The van der Waals surface area contributed by atoms with Crippen molar-refractivity contribution in [3.05, 3.63) is 58.7 Å². The van der Waals surface area contributed by atoms with Gasteiger partial charge in [0.2, 0.25) is 0 Å². The minimum absolute atomic E-state index is 0.114. The molecule has 0 saturated carbocycles. The van der Waals surface area contributed by atoms with Crippen LogP contribution in [0.25, 0.3) is 0 Å². The number of hydrogen-bond acceptors (Lipinski definition) is 3. The minimum Gasteiger partial charge on any atom is -0.507 e. The lowest BCUT2D eigenvalue weighted by atomic mass is 10.1. The molecule has 0 spiro atoms. The van der Waals surface area contributed by atoms with Crippen molar-refractivity contribution in [1.29, 1.82) is 0 Å². The van der Waals surface area contributed by atoms with E-state index in [-0.39, 0.29) is 5.91 Å². The molecule has 0 saturated heterocycles. The Morgan fingerprint density at radius 3 is 2.62 bits per heavy atom. The lowest BCUT2D eigenvalue weighted by Crippen LogP contribution is -2.18. The molecule has 0 aliphatic carbocycles. The molecule has 110 valence electrons. The Balaban J connectivity index is 2.19. The van der Waals surface area contributed by atoms with Crippen molar-refractivity contribution < 1.29 is 9.90 Å². The van der Waals surface area contributed by atoms with Gasteiger partial charge in [-0.1, -0.05) is 24.3 Å². The van der Waals surface area contributed by atoms with Crippen molar-refractivity contribution in [3.63, 3.8) is 0 Å². The van der Waals surface area contributed by atoms with Gasteiger partial charge in [0.25, 0.3) is 5.91 Å². The summed E-state index contributed by atoms with van der Waals surface area (Å²) in [4.78, 5) is 11.7. The molecular formula is C17H20N2O2. The summed E-state index contributed by atoms with van der Waals surface area (Å²) in [6.07, 6.45) is 0. The molecule has 0 unspecified atom stereocenters. The summed E-state index contributed by atoms with van der Waals surface area (Å²) in [6.45, 7) is 4.36. The van der Waals surface area contributed by atoms with Gasteiger partial charge in [-0.3, -0.25) is 4.79 Å². The fourth-order valence-corrected chi connectivity index (χ4v) is 2.15. The monoisotopic (exact) mass is 284 g/mol. The molecule has 2 aromatic carbocycles. The predicted molar refractivity (Wildman–Crippen MR) is 84.7 cm³/mol. The van der Waals surface area contributed by atoms with Crippen LogP contribution in [-0.4, -0.2) is 18.1 Å². The molecule has 21 heavy (non-hydrogen) atoms. The first kappa shape index (κ1) is 14.9. The average Bonchev–Trinajstić information content (AvgIpc) is 2.49. The lowest BCUT2D eigenvalue weighted by Gasteiger charge is -2.13. The van der Waals surface area contributed by atoms with Gasteiger partial charge in [0.1, 0.15) is 5.75 Å². The van der Waals surface area contributed by atoms with Gasteiger partial charge in [0.05, 0.1) is 0 Å². The van der Waals surface area contributed by atoms with Crippen LogP contribution in [0.4, 0.5) is 5.69 Å². The van der Waals surface area contributed by atoms with Gasteiger partial charge < -0.3 is 15.7 Å². The Hall–Kier alpha value is -2.49. The number of anilines is 1. The van der Waals surface area contributed by atoms with Gasteiger partial charge in [-0.15, -0.1) is 0 Å². The van der Waals surface area contributed by atoms with E-state index in [0.717, 1.165) is 22.4 Å². The SMILES string of the molecule is CNC(=O)c1ccc(C)c(NCc2cccc(C)c2O)c1. The van der Waals surface area contributed by atoms with Crippen molar-refractivity contribution in [3.8, 4) is 5.75 Å². The van der Waals surface area contributed by atoms with Gasteiger partial charge in [-0.2, -0.15) is 0 Å². The zero-order valence-corrected chi connectivity index (χ0v) is 12.5. The Labute approximate surface area is 124 Å². The molecular weight excluding hydrogens is 264 g/mol. The number of aryl methyl sites for hydroxylation is 2. The fraction of sp³-hybridized carbons (Fsp3) is 0.235. The maximum atomic E-state index is 11.7. The number of hydrogen-bond donors (Lipinski definition) is 3. The van der Waals surface area contributed by atoms with Crippen LogP contribution < -0.4 is 10.6 Å². The van der Waals surface area contributed by atoms with Crippen molar-refractivity contribution >= 4 is 11.6 Å². The van der Waals surface area contributed by atoms with Gasteiger partial charge in [-0.25, -0.2) is 0 Å². The van der Waals surface area contributed by atoms with E-state index in [1.807, 2.05) is 44.2 Å². The third kappa shape index (κ3) is 3.34. The topological polar surface area (TPSA) is 61.4 Å². The van der Waals surface area contributed by atoms with E-state index >= 15 is 0 Å². The van der Waals surface area contributed by atoms with Gasteiger partial charge in [-0.05, 0) is 37.1 Å². The van der Waals surface area contributed by atoms with E-state index in [1.54, 1.807) is 13.1 Å². The Morgan fingerprint density at radius 1 is 1.14 bits per heavy atom. The molecule has 0 atom stereocenters. The molecule has 0 bridgehead atoms. The second-order valence-electron chi connectivity index (χ2n) is 5.05. The Bertz CT molecular complexity index is 666. The molecule has 1 amide bonds. The average molecular weight is 284 g/mol. The van der Waals surface area contributed by atoms with Crippen LogP contribution in [0, 0.1) is 13.8 Å². The maximum absolute atomic E-state index is 11.7. The number of carbonyl (C=O) groups is 1. The number of carbonyl (C=O) groups excluding carboxylic acids is 1. The van der Waals surface area contributed by atoms with E-state index in [4.69, 9.17) is 0 Å². The van der Waals surface area contributed by atoms with Crippen LogP contribution >= 0.6 is 0 Å². The second kappa shape index (κ2) is 6.31. The number of phenols is 1. The summed E-state index contributed by atoms with van der Waals surface area (Å²) in [6, 6.07) is 11.2. The van der Waals surface area contributed by atoms with Crippen LogP contribution in [0.15, 0.2) is 36.4 Å². The highest BCUT2D eigenvalue weighted by molar-refractivity contribution is 5.95. The molecule has 0 fully saturated rings. The highest BCUT2D eigenvalue weighted by atomic mass is 16.3. The largest absolute Gasteiger partial charge is 0.507 e. The molecule has 2 rings (SSSR count). The fourth-order valence-electron chi connectivity index (χ4n) is 2.15. The summed E-state index contributed by atoms with van der Waals surface area (Å²) in [5.41, 5.74) is 4.23. The van der Waals surface area contributed by atoms with Crippen LogP contribution in [0.5, 0.6) is 5.75 Å². The number of nitrogens with one attached hydrogen (secondary N) is 2. The van der Waals surface area contributed by atoms with Crippen LogP contribution in [0.3, 0.4) is 0 Å². The van der Waals surface area contributed by atoms with Gasteiger partial charge in [0, 0.05) is 30.4 Å². The van der Waals surface area contributed by atoms with E-state index in [2.05, 4.69) is 10.6 Å². The maximum Gasteiger partial charge on any atom is 0.251 e. The number of aromatic hydroxyl groups is 1. The van der Waals surface area contributed by atoms with Crippen molar-refractivity contribution in [2.75, 3.05) is 12.4 Å². The summed E-state index contributed by atoms with van der Waals surface area (Å²) < 4.78 is 0. The molecule has 0 aliphatic heterocycles. The third-order valence-corrected chi connectivity index (χ3v) is 3.52. The first-order valence-electron chi connectivity index (χ1n) is 6.87. The quantitative estimate of drug-likeness (QED) is 0.809. The molecule has 0 radical (unpaired) electrons. The number of benzene rings is 2. The van der Waals surface area contributed by atoms with E-state index in [0.29, 0.717) is 17.9 Å². The number of phenolic OH excluding ortho intramolecular Hbond substituents is 1. The summed E-state index contributed by atoms with van der Waals surface area (Å²) in [5.74, 6) is 0.196. The van der Waals surface area contributed by atoms with Crippen LogP contribution in [0.1, 0.15) is 27.0 Å². The van der Waals surface area contributed by atoms with E-state index < -0.39 is 0 Å². The molecule has 3 N–H and O–H groups in total. The molecule has 4 nitrogen and oxygen atoms in total. The predicted octanol–water partition coefficient (Wildman–Crippen LogP) is 2.98. The van der Waals surface area contributed by atoms with Crippen molar-refractivity contribution in [2.24, 2.45) is 0 Å². The van der Waals surface area contributed by atoms with Crippen LogP contribution in [-0.2, 0) is 6.54 Å². The Morgan fingerprint density at radius 2 is 1.90 bits per heavy atom. The van der Waals surface area contributed by atoms with Crippen LogP contribution in [0.2, 0.25) is 0 Å². The van der Waals surface area contributed by atoms with Gasteiger partial charge >= 0.3 is 0 Å². The van der Waals surface area contributed by atoms with Crippen molar-refractivity contribution in [2.45, 2.75) is 20.4 Å². The molecule has 0 aromatic heterocycles. The summed E-state index contributed by atoms with van der Waals surface area (Å²) >= 11 is 0. The molecule has 2 aromatic rings. The smallest absolute Gasteiger partial charge is 0.251 e. The number of para-hydroxylation sites is 1. The number of rotatable bonds is 4. The van der Waals surface area contributed by atoms with E-state index in [1.165, 1.54) is 0 Å². The first-order valence-corrected chi connectivity index (χ1v) is 6.87. The molecule has 0 aliphatic rings. The second-order valence-corrected chi connectivity index (χ2v) is 5.05. The minimum atomic E-state index is -0.114. The normalized spacial score (nSPS) is 10.2. The zero-order chi connectivity index (χ0) is 15.4. The highest BCUT2D eigenvalue weighted by Gasteiger charge is 2.08. The van der Waals surface area contributed by atoms with Gasteiger partial charge in [0.15, 0.2) is 0 Å². The van der Waals surface area contributed by atoms with Crippen molar-refractivity contribution in [1.82, 2.24) is 5.32 Å². The zero-order valence-electron chi connectivity index (χ0n) is 12.5. The third-order valence-electron chi connectivity index (χ3n) is 3.52. The lowest BCUT2D eigenvalue weighted by molar-refractivity contribution is 0.0963. The standard InChI is InChI=1S/C17H20N2O2/c1-11-7-8-13(17(21)18-3)9-15(11)19-10-14-6-4-5-12(2)16(14)20/h4-9,19-20H,10H2,1-3H3,(H,18,21). The van der Waals surface area contributed by atoms with E-state index in [9.17, 15) is 9.90 Å². The summed E-state index contributed by atoms with van der Waals surface area (Å²) in [7, 11) is 1.61. The first-order chi connectivity index (χ1) is 10.0. The molecule has 0 heterocycles. The molecule has 4 heteroatoms. The number of amides is 1.